The summed E-state index contributed by atoms with van der Waals surface area (Å²) in [7, 11) is 1.59. The van der Waals surface area contributed by atoms with Gasteiger partial charge in [0, 0.05) is 20.2 Å². The van der Waals surface area contributed by atoms with Gasteiger partial charge in [-0.05, 0) is 30.2 Å². The van der Waals surface area contributed by atoms with E-state index in [1.165, 1.54) is 0 Å². The summed E-state index contributed by atoms with van der Waals surface area (Å²) in [5.74, 6) is -0.227. The SMILES string of the molecule is Cc1cc(Br)c(CS(=O)(=O)Cl)cc1Cl. The van der Waals surface area contributed by atoms with Gasteiger partial charge in [-0.2, -0.15) is 0 Å². The van der Waals surface area contributed by atoms with E-state index in [-0.39, 0.29) is 5.75 Å². The van der Waals surface area contributed by atoms with Gasteiger partial charge in [-0.15, -0.1) is 0 Å². The molecule has 0 amide bonds. The third-order valence-electron chi connectivity index (χ3n) is 1.66. The van der Waals surface area contributed by atoms with Crippen molar-refractivity contribution in [1.82, 2.24) is 0 Å². The molecular weight excluding hydrogens is 311 g/mol. The molecule has 0 unspecified atom stereocenters. The average molecular weight is 318 g/mol. The zero-order valence-electron chi connectivity index (χ0n) is 7.22. The van der Waals surface area contributed by atoms with Crippen LogP contribution >= 0.6 is 38.2 Å². The van der Waals surface area contributed by atoms with E-state index in [0.29, 0.717) is 15.1 Å². The Labute approximate surface area is 101 Å². The molecule has 1 aromatic carbocycles. The molecule has 2 nitrogen and oxygen atoms in total. The second-order valence-corrected chi connectivity index (χ2v) is 6.91. The molecule has 0 aromatic heterocycles. The highest BCUT2D eigenvalue weighted by atomic mass is 79.9. The summed E-state index contributed by atoms with van der Waals surface area (Å²) in [4.78, 5) is 0. The summed E-state index contributed by atoms with van der Waals surface area (Å²) in [6.07, 6.45) is 0. The van der Waals surface area contributed by atoms with Crippen LogP contribution < -0.4 is 0 Å². The molecule has 0 radical (unpaired) electrons. The maximum Gasteiger partial charge on any atom is 0.236 e. The van der Waals surface area contributed by atoms with Gasteiger partial charge in [0.1, 0.15) is 0 Å². The molecule has 0 spiro atoms. The minimum absolute atomic E-state index is 0.227. The molecule has 0 aliphatic carbocycles. The van der Waals surface area contributed by atoms with Crippen LogP contribution in [0.3, 0.4) is 0 Å². The van der Waals surface area contributed by atoms with E-state index < -0.39 is 9.05 Å². The zero-order chi connectivity index (χ0) is 10.9. The van der Waals surface area contributed by atoms with Gasteiger partial charge in [-0.3, -0.25) is 0 Å². The predicted molar refractivity (Wildman–Crippen MR) is 62.4 cm³/mol. The normalized spacial score (nSPS) is 11.7. The van der Waals surface area contributed by atoms with E-state index >= 15 is 0 Å². The van der Waals surface area contributed by atoms with Gasteiger partial charge in [-0.1, -0.05) is 27.5 Å². The lowest BCUT2D eigenvalue weighted by molar-refractivity contribution is 0.609. The van der Waals surface area contributed by atoms with Crippen molar-refractivity contribution in [3.63, 3.8) is 0 Å². The lowest BCUT2D eigenvalue weighted by Crippen LogP contribution is -1.96. The Bertz CT molecular complexity index is 457. The van der Waals surface area contributed by atoms with E-state index in [1.54, 1.807) is 12.1 Å². The number of rotatable bonds is 2. The van der Waals surface area contributed by atoms with Crippen molar-refractivity contribution in [2.75, 3.05) is 0 Å². The molecule has 0 atom stereocenters. The van der Waals surface area contributed by atoms with Crippen LogP contribution in [0.4, 0.5) is 0 Å². The lowest BCUT2D eigenvalue weighted by Gasteiger charge is -2.05. The maximum atomic E-state index is 10.9. The van der Waals surface area contributed by atoms with Gasteiger partial charge in [0.2, 0.25) is 9.05 Å². The van der Waals surface area contributed by atoms with Crippen molar-refractivity contribution < 1.29 is 8.42 Å². The Balaban J connectivity index is 3.17. The van der Waals surface area contributed by atoms with Gasteiger partial charge in [0.15, 0.2) is 0 Å². The van der Waals surface area contributed by atoms with E-state index in [9.17, 15) is 8.42 Å². The molecule has 14 heavy (non-hydrogen) atoms. The summed E-state index contributed by atoms with van der Waals surface area (Å²) in [5, 5.41) is 0.531. The van der Waals surface area contributed by atoms with Crippen LogP contribution in [0, 0.1) is 6.92 Å². The number of hydrogen-bond acceptors (Lipinski definition) is 2. The number of hydrogen-bond donors (Lipinski definition) is 0. The molecular formula is C8H7BrCl2O2S. The third-order valence-corrected chi connectivity index (χ3v) is 3.78. The molecule has 1 rings (SSSR count). The lowest BCUT2D eigenvalue weighted by atomic mass is 10.2. The smallest absolute Gasteiger partial charge is 0.212 e. The van der Waals surface area contributed by atoms with Crippen LogP contribution in [0.15, 0.2) is 16.6 Å². The van der Waals surface area contributed by atoms with Crippen LogP contribution in [-0.2, 0) is 14.8 Å². The second kappa shape index (κ2) is 4.39. The molecule has 0 aliphatic rings. The first-order chi connectivity index (χ1) is 6.29. The van der Waals surface area contributed by atoms with Crippen LogP contribution in [0.1, 0.15) is 11.1 Å². The third kappa shape index (κ3) is 3.42. The molecule has 6 heteroatoms. The van der Waals surface area contributed by atoms with Crippen molar-refractivity contribution >= 4 is 47.3 Å². The molecule has 0 saturated heterocycles. The van der Waals surface area contributed by atoms with E-state index in [4.69, 9.17) is 22.3 Å². The average Bonchev–Trinajstić information content (AvgIpc) is 1.97. The molecule has 0 saturated carbocycles. The fourth-order valence-electron chi connectivity index (χ4n) is 0.984. The van der Waals surface area contributed by atoms with Crippen LogP contribution in [0.25, 0.3) is 0 Å². The molecule has 1 aromatic rings. The van der Waals surface area contributed by atoms with Crippen molar-refractivity contribution in [2.45, 2.75) is 12.7 Å². The summed E-state index contributed by atoms with van der Waals surface area (Å²) in [6, 6.07) is 3.36. The molecule has 0 aliphatic heterocycles. The Morgan fingerprint density at radius 3 is 2.50 bits per heavy atom. The van der Waals surface area contributed by atoms with Crippen LogP contribution in [-0.4, -0.2) is 8.42 Å². The van der Waals surface area contributed by atoms with Crippen molar-refractivity contribution in [2.24, 2.45) is 0 Å². The minimum atomic E-state index is -3.55. The number of aryl methyl sites for hydroxylation is 1. The van der Waals surface area contributed by atoms with Gasteiger partial charge in [-0.25, -0.2) is 8.42 Å². The quantitative estimate of drug-likeness (QED) is 0.783. The Morgan fingerprint density at radius 2 is 2.00 bits per heavy atom. The molecule has 0 heterocycles. The highest BCUT2D eigenvalue weighted by molar-refractivity contribution is 9.10. The van der Waals surface area contributed by atoms with Crippen LogP contribution in [0.5, 0.6) is 0 Å². The topological polar surface area (TPSA) is 34.1 Å². The minimum Gasteiger partial charge on any atom is -0.212 e. The first-order valence-corrected chi connectivity index (χ1v) is 7.31. The monoisotopic (exact) mass is 316 g/mol. The first kappa shape index (κ1) is 12.3. The molecule has 0 bridgehead atoms. The van der Waals surface area contributed by atoms with E-state index in [1.807, 2.05) is 6.92 Å². The summed E-state index contributed by atoms with van der Waals surface area (Å²) < 4.78 is 22.4. The fraction of sp³-hybridized carbons (Fsp3) is 0.250. The summed E-state index contributed by atoms with van der Waals surface area (Å²) in [6.45, 7) is 1.84. The predicted octanol–water partition coefficient (Wildman–Crippen LogP) is 3.48. The van der Waals surface area contributed by atoms with Crippen molar-refractivity contribution in [3.05, 3.63) is 32.8 Å². The fourth-order valence-corrected chi connectivity index (χ4v) is 2.92. The van der Waals surface area contributed by atoms with Crippen molar-refractivity contribution in [1.29, 1.82) is 0 Å². The van der Waals surface area contributed by atoms with Gasteiger partial charge in [0.25, 0.3) is 0 Å². The number of benzene rings is 1. The largest absolute Gasteiger partial charge is 0.236 e. The molecule has 78 valence electrons. The highest BCUT2D eigenvalue weighted by Crippen LogP contribution is 2.27. The van der Waals surface area contributed by atoms with Gasteiger partial charge in [0.05, 0.1) is 5.75 Å². The van der Waals surface area contributed by atoms with E-state index in [0.717, 1.165) is 5.56 Å². The Hall–Kier alpha value is 0.230. The van der Waals surface area contributed by atoms with E-state index in [2.05, 4.69) is 15.9 Å². The second-order valence-electron chi connectivity index (χ2n) is 2.88. The zero-order valence-corrected chi connectivity index (χ0v) is 11.1. The number of halogens is 3. The highest BCUT2D eigenvalue weighted by Gasteiger charge is 2.11. The Kier molecular flexibility index (Phi) is 3.86. The molecule has 0 fully saturated rings. The van der Waals surface area contributed by atoms with Gasteiger partial charge >= 0.3 is 0 Å². The Morgan fingerprint density at radius 1 is 1.43 bits per heavy atom. The van der Waals surface area contributed by atoms with Crippen LogP contribution in [0.2, 0.25) is 5.02 Å². The molecule has 0 N–H and O–H groups in total. The maximum absolute atomic E-state index is 10.9. The summed E-state index contributed by atoms with van der Waals surface area (Å²) >= 11 is 9.11. The van der Waals surface area contributed by atoms with Gasteiger partial charge < -0.3 is 0 Å². The standard InChI is InChI=1S/C8H7BrCl2O2S/c1-5-2-7(9)6(3-8(5)10)4-14(11,12)13/h2-3H,4H2,1H3. The summed E-state index contributed by atoms with van der Waals surface area (Å²) in [5.41, 5.74) is 1.45. The first-order valence-electron chi connectivity index (χ1n) is 3.66. The van der Waals surface area contributed by atoms with Crippen molar-refractivity contribution in [3.8, 4) is 0 Å².